The van der Waals surface area contributed by atoms with Gasteiger partial charge in [-0.1, -0.05) is 102 Å². The van der Waals surface area contributed by atoms with Gasteiger partial charge in [-0.2, -0.15) is 0 Å². The van der Waals surface area contributed by atoms with Gasteiger partial charge < -0.3 is 4.52 Å². The first-order valence-corrected chi connectivity index (χ1v) is 9.78. The fourth-order valence-corrected chi connectivity index (χ4v) is 5.13. The summed E-state index contributed by atoms with van der Waals surface area (Å²) in [6.45, 7) is -1.87. The molecule has 0 amide bonds. The molecular weight excluding hydrogens is 311 g/mol. The molecule has 0 atom stereocenters. The van der Waals surface area contributed by atoms with Crippen molar-refractivity contribution in [2.45, 2.75) is 6.61 Å². The first-order chi connectivity index (χ1) is 10.8. The number of rotatable bonds is 5. The summed E-state index contributed by atoms with van der Waals surface area (Å²) in [7, 11) is 0. The molecule has 0 N–H and O–H groups in total. The number of hydrogen-bond acceptors (Lipinski definition) is 1. The summed E-state index contributed by atoms with van der Waals surface area (Å²) in [6.07, 6.45) is 0. The lowest BCUT2D eigenvalue weighted by molar-refractivity contribution is 0.347. The third-order valence-electron chi connectivity index (χ3n) is 3.43. The highest BCUT2D eigenvalue weighted by atomic mass is 35.7. The van der Waals surface area contributed by atoms with Crippen molar-refractivity contribution in [3.8, 4) is 0 Å². The van der Waals surface area contributed by atoms with Crippen molar-refractivity contribution in [1.29, 1.82) is 0 Å². The van der Waals surface area contributed by atoms with Gasteiger partial charge in [0, 0.05) is 10.6 Å². The van der Waals surface area contributed by atoms with Gasteiger partial charge in [-0.05, 0) is 5.56 Å². The van der Waals surface area contributed by atoms with Crippen molar-refractivity contribution >= 4 is 28.7 Å². The van der Waals surface area contributed by atoms with Crippen molar-refractivity contribution in [2.75, 3.05) is 0 Å². The van der Waals surface area contributed by atoms with Crippen LogP contribution in [0.1, 0.15) is 5.56 Å². The maximum absolute atomic E-state index is 7.03. The van der Waals surface area contributed by atoms with Crippen molar-refractivity contribution in [3.63, 3.8) is 0 Å². The molecule has 0 saturated carbocycles. The fourth-order valence-electron chi connectivity index (χ4n) is 2.28. The Balaban J connectivity index is 1.93. The highest BCUT2D eigenvalue weighted by Gasteiger charge is 2.30. The Labute approximate surface area is 136 Å². The average Bonchev–Trinajstić information content (AvgIpc) is 2.62. The van der Waals surface area contributed by atoms with E-state index < -0.39 is 6.84 Å². The minimum absolute atomic E-state index is 0.502. The van der Waals surface area contributed by atoms with E-state index in [1.54, 1.807) is 0 Å². The van der Waals surface area contributed by atoms with Crippen molar-refractivity contribution in [1.82, 2.24) is 0 Å². The van der Waals surface area contributed by atoms with Crippen LogP contribution in [0, 0.1) is 0 Å². The molecule has 0 heterocycles. The number of halogens is 1. The summed E-state index contributed by atoms with van der Waals surface area (Å²) in [5.74, 6) is 0. The molecule has 0 fully saturated rings. The Bertz CT molecular complexity index is 662. The van der Waals surface area contributed by atoms with E-state index in [4.69, 9.17) is 15.8 Å². The van der Waals surface area contributed by atoms with Crippen LogP contribution in [-0.2, 0) is 11.1 Å². The smallest absolute Gasteiger partial charge is 0.126 e. The monoisotopic (exact) mass is 327 g/mol. The molecule has 3 aromatic rings. The van der Waals surface area contributed by atoms with Crippen LogP contribution in [0.4, 0.5) is 0 Å². The second kappa shape index (κ2) is 7.07. The molecule has 0 aliphatic heterocycles. The van der Waals surface area contributed by atoms with Crippen LogP contribution in [0.15, 0.2) is 91.0 Å². The van der Waals surface area contributed by atoms with Gasteiger partial charge in [0.25, 0.3) is 0 Å². The van der Waals surface area contributed by atoms with Crippen molar-refractivity contribution in [3.05, 3.63) is 96.6 Å². The highest BCUT2D eigenvalue weighted by molar-refractivity contribution is 8.06. The standard InChI is InChI=1S/C19H17ClOP/c20-22(18-12-6-2-7-13-18,19-14-8-3-9-15-19)21-16-17-10-4-1-5-11-17/h1-15H,16H2. The van der Waals surface area contributed by atoms with Crippen LogP contribution in [-0.4, -0.2) is 0 Å². The molecule has 1 radical (unpaired) electrons. The molecule has 3 aromatic carbocycles. The topological polar surface area (TPSA) is 9.23 Å². The zero-order chi connectivity index (χ0) is 15.3. The van der Waals surface area contributed by atoms with Gasteiger partial charge in [0.05, 0.1) is 6.61 Å². The van der Waals surface area contributed by atoms with E-state index in [2.05, 4.69) is 12.1 Å². The van der Waals surface area contributed by atoms with Crippen LogP contribution in [0.3, 0.4) is 0 Å². The van der Waals surface area contributed by atoms with Gasteiger partial charge in [-0.25, -0.2) is 0 Å². The Hall–Kier alpha value is -1.66. The first kappa shape index (κ1) is 15.2. The summed E-state index contributed by atoms with van der Waals surface area (Å²) >= 11 is 7.03. The Morgan fingerprint density at radius 2 is 1.05 bits per heavy atom. The molecule has 0 aromatic heterocycles. The van der Waals surface area contributed by atoms with Gasteiger partial charge in [-0.15, -0.1) is 0 Å². The van der Waals surface area contributed by atoms with E-state index in [9.17, 15) is 0 Å². The zero-order valence-corrected chi connectivity index (χ0v) is 13.8. The third-order valence-corrected chi connectivity index (χ3v) is 7.30. The Kier molecular flexibility index (Phi) is 4.90. The lowest BCUT2D eigenvalue weighted by Crippen LogP contribution is -2.20. The predicted molar refractivity (Wildman–Crippen MR) is 96.2 cm³/mol. The number of hydrogen-bond donors (Lipinski definition) is 0. The molecule has 22 heavy (non-hydrogen) atoms. The molecule has 0 bridgehead atoms. The fraction of sp³-hybridized carbons (Fsp3) is 0.0526. The van der Waals surface area contributed by atoms with E-state index in [0.717, 1.165) is 16.2 Å². The Morgan fingerprint density at radius 1 is 0.636 bits per heavy atom. The molecule has 3 heteroatoms. The maximum atomic E-state index is 7.03. The largest absolute Gasteiger partial charge is 0.337 e. The van der Waals surface area contributed by atoms with E-state index in [-0.39, 0.29) is 0 Å². The van der Waals surface area contributed by atoms with Gasteiger partial charge in [0.1, 0.15) is 6.84 Å². The summed E-state index contributed by atoms with van der Waals surface area (Å²) < 4.78 is 6.26. The zero-order valence-electron chi connectivity index (χ0n) is 12.1. The molecule has 111 valence electrons. The van der Waals surface area contributed by atoms with Crippen LogP contribution >= 0.6 is 18.1 Å². The quantitative estimate of drug-likeness (QED) is 0.603. The van der Waals surface area contributed by atoms with Crippen LogP contribution in [0.25, 0.3) is 0 Å². The molecule has 0 unspecified atom stereocenters. The lowest BCUT2D eigenvalue weighted by atomic mass is 10.2. The van der Waals surface area contributed by atoms with Crippen molar-refractivity contribution in [2.24, 2.45) is 0 Å². The van der Waals surface area contributed by atoms with Crippen LogP contribution in [0.5, 0.6) is 0 Å². The van der Waals surface area contributed by atoms with Crippen LogP contribution in [0.2, 0.25) is 0 Å². The molecule has 1 nitrogen and oxygen atoms in total. The van der Waals surface area contributed by atoms with E-state index >= 15 is 0 Å². The minimum Gasteiger partial charge on any atom is -0.337 e. The van der Waals surface area contributed by atoms with Crippen LogP contribution < -0.4 is 10.6 Å². The van der Waals surface area contributed by atoms with Gasteiger partial charge >= 0.3 is 0 Å². The molecule has 0 aliphatic rings. The first-order valence-electron chi connectivity index (χ1n) is 7.17. The van der Waals surface area contributed by atoms with E-state index in [0.29, 0.717) is 6.61 Å². The molecule has 0 spiro atoms. The molecule has 3 rings (SSSR count). The summed E-state index contributed by atoms with van der Waals surface area (Å²) in [6, 6.07) is 30.3. The second-order valence-electron chi connectivity index (χ2n) is 4.96. The lowest BCUT2D eigenvalue weighted by Gasteiger charge is -2.30. The normalized spacial score (nSPS) is 11.3. The van der Waals surface area contributed by atoms with Gasteiger partial charge in [-0.3, -0.25) is 0 Å². The molecular formula is C19H17ClOP. The Morgan fingerprint density at radius 3 is 1.50 bits per heavy atom. The summed E-state index contributed by atoms with van der Waals surface area (Å²) in [4.78, 5) is 0. The van der Waals surface area contributed by atoms with E-state index in [1.165, 1.54) is 0 Å². The maximum Gasteiger partial charge on any atom is 0.126 e. The van der Waals surface area contributed by atoms with Crippen molar-refractivity contribution < 1.29 is 4.52 Å². The molecule has 0 saturated heterocycles. The predicted octanol–water partition coefficient (Wildman–Crippen LogP) is 4.94. The second-order valence-corrected chi connectivity index (χ2v) is 8.75. The van der Waals surface area contributed by atoms with E-state index in [1.807, 2.05) is 78.9 Å². The molecule has 0 aliphatic carbocycles. The highest BCUT2D eigenvalue weighted by Crippen LogP contribution is 2.63. The summed E-state index contributed by atoms with van der Waals surface area (Å²) in [5, 5.41) is 2.08. The minimum atomic E-state index is -2.37. The summed E-state index contributed by atoms with van der Waals surface area (Å²) in [5.41, 5.74) is 1.12. The van der Waals surface area contributed by atoms with Gasteiger partial charge in [0.15, 0.2) is 0 Å². The SMILES string of the molecule is Cl[P](OCc1ccccc1)(c1ccccc1)c1ccccc1. The average molecular weight is 328 g/mol. The third kappa shape index (κ3) is 3.39. The number of benzene rings is 3. The van der Waals surface area contributed by atoms with Gasteiger partial charge in [0.2, 0.25) is 0 Å².